The minimum absolute atomic E-state index is 0.223. The maximum absolute atomic E-state index is 10.7. The molecule has 0 spiro atoms. The molecule has 148 valence electrons. The van der Waals surface area contributed by atoms with Gasteiger partial charge in [-0.2, -0.15) is 0 Å². The van der Waals surface area contributed by atoms with Gasteiger partial charge in [-0.15, -0.1) is 0 Å². The third-order valence-electron chi connectivity index (χ3n) is 5.64. The predicted octanol–water partition coefficient (Wildman–Crippen LogP) is 5.02. The molecule has 29 heavy (non-hydrogen) atoms. The standard InChI is InChI=1S/C25H24O4/c1-28-21-12-14-23-19(15-21)9-13-22(17-5-3-2-4-6-17)25(23)18-7-10-20(11-8-18)29-16-24(26)27/h2-8,10-12,14-15,22,25H,9,13,16H2,1H3,(H,26,27). The van der Waals surface area contributed by atoms with Crippen LogP contribution in [0.5, 0.6) is 11.5 Å². The van der Waals surface area contributed by atoms with E-state index in [1.54, 1.807) is 7.11 Å². The van der Waals surface area contributed by atoms with E-state index in [1.807, 2.05) is 18.2 Å². The first-order valence-corrected chi connectivity index (χ1v) is 9.82. The van der Waals surface area contributed by atoms with Crippen molar-refractivity contribution in [3.63, 3.8) is 0 Å². The maximum Gasteiger partial charge on any atom is 0.341 e. The fourth-order valence-corrected chi connectivity index (χ4v) is 4.31. The molecule has 0 aliphatic heterocycles. The molecular formula is C25H24O4. The molecule has 0 amide bonds. The number of carbonyl (C=O) groups is 1. The van der Waals surface area contributed by atoms with E-state index < -0.39 is 5.97 Å². The second kappa shape index (κ2) is 8.39. The second-order valence-electron chi connectivity index (χ2n) is 7.35. The molecule has 0 saturated carbocycles. The molecule has 0 radical (unpaired) electrons. The first kappa shape index (κ1) is 19.1. The van der Waals surface area contributed by atoms with Crippen LogP contribution in [0.15, 0.2) is 72.8 Å². The second-order valence-corrected chi connectivity index (χ2v) is 7.35. The van der Waals surface area contributed by atoms with Crippen molar-refractivity contribution in [1.82, 2.24) is 0 Å². The zero-order chi connectivity index (χ0) is 20.2. The minimum Gasteiger partial charge on any atom is -0.497 e. The van der Waals surface area contributed by atoms with E-state index in [0.29, 0.717) is 11.7 Å². The molecule has 0 fully saturated rings. The molecule has 0 heterocycles. The van der Waals surface area contributed by atoms with Crippen LogP contribution in [0.1, 0.15) is 40.5 Å². The molecule has 4 nitrogen and oxygen atoms in total. The van der Waals surface area contributed by atoms with E-state index in [1.165, 1.54) is 22.3 Å². The van der Waals surface area contributed by atoms with Crippen LogP contribution in [0.3, 0.4) is 0 Å². The Hall–Kier alpha value is -3.27. The van der Waals surface area contributed by atoms with Gasteiger partial charge in [-0.1, -0.05) is 48.5 Å². The van der Waals surface area contributed by atoms with E-state index in [0.717, 1.165) is 18.6 Å². The Labute approximate surface area is 170 Å². The number of carboxylic acid groups (broad SMARTS) is 1. The van der Waals surface area contributed by atoms with Crippen LogP contribution in [-0.2, 0) is 11.2 Å². The number of hydrogen-bond acceptors (Lipinski definition) is 3. The zero-order valence-electron chi connectivity index (χ0n) is 16.4. The summed E-state index contributed by atoms with van der Waals surface area (Å²) < 4.78 is 10.7. The number of fused-ring (bicyclic) bond motifs is 1. The lowest BCUT2D eigenvalue weighted by molar-refractivity contribution is -0.139. The highest BCUT2D eigenvalue weighted by Gasteiger charge is 2.32. The molecule has 0 saturated heterocycles. The molecule has 0 aromatic heterocycles. The van der Waals surface area contributed by atoms with E-state index in [2.05, 4.69) is 54.6 Å². The molecule has 2 atom stereocenters. The van der Waals surface area contributed by atoms with Crippen molar-refractivity contribution in [2.24, 2.45) is 0 Å². The largest absolute Gasteiger partial charge is 0.497 e. The third-order valence-corrected chi connectivity index (χ3v) is 5.64. The van der Waals surface area contributed by atoms with Gasteiger partial charge in [0.2, 0.25) is 0 Å². The van der Waals surface area contributed by atoms with Crippen LogP contribution in [0, 0.1) is 0 Å². The first-order valence-electron chi connectivity index (χ1n) is 9.82. The summed E-state index contributed by atoms with van der Waals surface area (Å²) in [5, 5.41) is 8.81. The number of aliphatic carboxylic acids is 1. The van der Waals surface area contributed by atoms with Gasteiger partial charge in [0.1, 0.15) is 11.5 Å². The van der Waals surface area contributed by atoms with Gasteiger partial charge in [0.05, 0.1) is 7.11 Å². The highest BCUT2D eigenvalue weighted by Crippen LogP contribution is 2.47. The van der Waals surface area contributed by atoms with Crippen molar-refractivity contribution in [2.45, 2.75) is 24.7 Å². The number of methoxy groups -OCH3 is 1. The van der Waals surface area contributed by atoms with Crippen molar-refractivity contribution < 1.29 is 19.4 Å². The van der Waals surface area contributed by atoms with E-state index in [9.17, 15) is 4.79 Å². The van der Waals surface area contributed by atoms with Crippen LogP contribution in [0.2, 0.25) is 0 Å². The lowest BCUT2D eigenvalue weighted by Crippen LogP contribution is -2.20. The number of hydrogen-bond donors (Lipinski definition) is 1. The monoisotopic (exact) mass is 388 g/mol. The van der Waals surface area contributed by atoms with Crippen molar-refractivity contribution in [3.05, 3.63) is 95.1 Å². The van der Waals surface area contributed by atoms with Gasteiger partial charge >= 0.3 is 5.97 Å². The van der Waals surface area contributed by atoms with E-state index in [4.69, 9.17) is 14.6 Å². The van der Waals surface area contributed by atoms with Crippen molar-refractivity contribution in [1.29, 1.82) is 0 Å². The van der Waals surface area contributed by atoms with Gasteiger partial charge in [0.25, 0.3) is 0 Å². The molecular weight excluding hydrogens is 364 g/mol. The molecule has 0 bridgehead atoms. The minimum atomic E-state index is -0.978. The smallest absolute Gasteiger partial charge is 0.341 e. The Morgan fingerprint density at radius 1 is 0.966 bits per heavy atom. The van der Waals surface area contributed by atoms with Gasteiger partial charge in [-0.3, -0.25) is 0 Å². The summed E-state index contributed by atoms with van der Waals surface area (Å²) in [7, 11) is 1.70. The van der Waals surface area contributed by atoms with Gasteiger partial charge in [-0.05, 0) is 65.3 Å². The molecule has 3 aromatic rings. The number of rotatable bonds is 6. The highest BCUT2D eigenvalue weighted by atomic mass is 16.5. The van der Waals surface area contributed by atoms with Crippen molar-refractivity contribution in [2.75, 3.05) is 13.7 Å². The molecule has 1 aliphatic carbocycles. The topological polar surface area (TPSA) is 55.8 Å². The molecule has 4 heteroatoms. The summed E-state index contributed by atoms with van der Waals surface area (Å²) in [5.74, 6) is 1.08. The Morgan fingerprint density at radius 2 is 1.69 bits per heavy atom. The summed E-state index contributed by atoms with van der Waals surface area (Å²) in [6.45, 7) is -0.335. The molecule has 2 unspecified atom stereocenters. The normalized spacial score (nSPS) is 18.0. The van der Waals surface area contributed by atoms with Crippen LogP contribution in [-0.4, -0.2) is 24.8 Å². The number of ether oxygens (including phenoxy) is 2. The Balaban J connectivity index is 1.72. The van der Waals surface area contributed by atoms with E-state index in [-0.39, 0.29) is 12.5 Å². The van der Waals surface area contributed by atoms with Crippen LogP contribution in [0.4, 0.5) is 0 Å². The molecule has 1 aliphatic rings. The van der Waals surface area contributed by atoms with Gasteiger partial charge in [-0.25, -0.2) is 4.79 Å². The van der Waals surface area contributed by atoms with Crippen LogP contribution in [0.25, 0.3) is 0 Å². The lowest BCUT2D eigenvalue weighted by Gasteiger charge is -2.35. The van der Waals surface area contributed by atoms with Gasteiger partial charge in [0, 0.05) is 5.92 Å². The summed E-state index contributed by atoms with van der Waals surface area (Å²) in [6, 6.07) is 24.8. The average Bonchev–Trinajstić information content (AvgIpc) is 2.77. The first-order chi connectivity index (χ1) is 14.2. The highest BCUT2D eigenvalue weighted by molar-refractivity contribution is 5.68. The van der Waals surface area contributed by atoms with Crippen molar-refractivity contribution in [3.8, 4) is 11.5 Å². The van der Waals surface area contributed by atoms with Gasteiger partial charge in [0.15, 0.2) is 6.61 Å². The quantitative estimate of drug-likeness (QED) is 0.644. The molecule has 4 rings (SSSR count). The Morgan fingerprint density at radius 3 is 2.38 bits per heavy atom. The molecule has 3 aromatic carbocycles. The Kier molecular flexibility index (Phi) is 5.52. The maximum atomic E-state index is 10.7. The lowest BCUT2D eigenvalue weighted by atomic mass is 9.69. The van der Waals surface area contributed by atoms with Crippen LogP contribution < -0.4 is 9.47 Å². The summed E-state index contributed by atoms with van der Waals surface area (Å²) in [6.07, 6.45) is 2.08. The predicted molar refractivity (Wildman–Crippen MR) is 112 cm³/mol. The molecule has 1 N–H and O–H groups in total. The van der Waals surface area contributed by atoms with Crippen molar-refractivity contribution >= 4 is 5.97 Å². The SMILES string of the molecule is COc1ccc2c(c1)CCC(c1ccccc1)C2c1ccc(OCC(=O)O)cc1. The van der Waals surface area contributed by atoms with Gasteiger partial charge < -0.3 is 14.6 Å². The Bertz CT molecular complexity index is 979. The zero-order valence-corrected chi connectivity index (χ0v) is 16.4. The number of carboxylic acids is 1. The average molecular weight is 388 g/mol. The van der Waals surface area contributed by atoms with Crippen LogP contribution >= 0.6 is 0 Å². The summed E-state index contributed by atoms with van der Waals surface area (Å²) in [4.78, 5) is 10.7. The fraction of sp³-hybridized carbons (Fsp3) is 0.240. The summed E-state index contributed by atoms with van der Waals surface area (Å²) >= 11 is 0. The van der Waals surface area contributed by atoms with E-state index >= 15 is 0 Å². The third kappa shape index (κ3) is 4.11. The number of aryl methyl sites for hydroxylation is 1. The summed E-state index contributed by atoms with van der Waals surface area (Å²) in [5.41, 5.74) is 5.19. The fourth-order valence-electron chi connectivity index (χ4n) is 4.31. The number of benzene rings is 3.